The molecule has 2 heterocycles. The average molecular weight is 537 g/mol. The Labute approximate surface area is 223 Å². The zero-order valence-electron chi connectivity index (χ0n) is 21.0. The van der Waals surface area contributed by atoms with Crippen LogP contribution in [0.4, 0.5) is 4.39 Å². The Kier molecular flexibility index (Phi) is 7.26. The minimum atomic E-state index is -3.57. The van der Waals surface area contributed by atoms with Gasteiger partial charge in [-0.05, 0) is 61.2 Å². The fourth-order valence-corrected chi connectivity index (χ4v) is 6.85. The van der Waals surface area contributed by atoms with Gasteiger partial charge in [0.25, 0.3) is 0 Å². The molecule has 0 fully saturated rings. The number of hydrogen-bond donors (Lipinski definition) is 0. The topological polar surface area (TPSA) is 42.3 Å². The molecule has 0 spiro atoms. The van der Waals surface area contributed by atoms with Gasteiger partial charge in [-0.3, -0.25) is 0 Å². The van der Waals surface area contributed by atoms with E-state index in [4.69, 9.17) is 11.6 Å². The predicted molar refractivity (Wildman–Crippen MR) is 149 cm³/mol. The molecule has 0 unspecified atom stereocenters. The lowest BCUT2D eigenvalue weighted by molar-refractivity contribution is 0.441. The number of hydrogen-bond acceptors (Lipinski definition) is 2. The van der Waals surface area contributed by atoms with E-state index in [0.717, 1.165) is 46.1 Å². The summed E-state index contributed by atoms with van der Waals surface area (Å²) in [5.41, 5.74) is 5.80. The summed E-state index contributed by atoms with van der Waals surface area (Å²) in [5.74, 6) is -0.327. The van der Waals surface area contributed by atoms with Crippen LogP contribution in [0.1, 0.15) is 42.1 Å². The van der Waals surface area contributed by atoms with E-state index in [1.165, 1.54) is 6.07 Å². The number of benzene rings is 3. The average Bonchev–Trinajstić information content (AvgIpc) is 3.18. The minimum absolute atomic E-state index is 0.312. The highest BCUT2D eigenvalue weighted by Gasteiger charge is 2.28. The summed E-state index contributed by atoms with van der Waals surface area (Å²) in [6.45, 7) is 5.18. The summed E-state index contributed by atoms with van der Waals surface area (Å²) in [4.78, 5) is 0.332. The number of aromatic nitrogens is 1. The maximum absolute atomic E-state index is 14.6. The van der Waals surface area contributed by atoms with Gasteiger partial charge in [-0.2, -0.15) is 4.31 Å². The first-order valence-corrected chi connectivity index (χ1v) is 14.4. The third-order valence-corrected chi connectivity index (χ3v) is 9.44. The summed E-state index contributed by atoms with van der Waals surface area (Å²) in [7, 11) is -3.57. The zero-order valence-corrected chi connectivity index (χ0v) is 22.6. The van der Waals surface area contributed by atoms with Crippen molar-refractivity contribution in [1.82, 2.24) is 8.87 Å². The Morgan fingerprint density at radius 3 is 2.43 bits per heavy atom. The van der Waals surface area contributed by atoms with Crippen LogP contribution in [0.5, 0.6) is 0 Å². The molecule has 1 aromatic heterocycles. The molecule has 0 bridgehead atoms. The zero-order chi connectivity index (χ0) is 26.2. The van der Waals surface area contributed by atoms with E-state index in [1.54, 1.807) is 28.6 Å². The van der Waals surface area contributed by atoms with Crippen molar-refractivity contribution in [1.29, 1.82) is 0 Å². The highest BCUT2D eigenvalue weighted by Crippen LogP contribution is 2.36. The van der Waals surface area contributed by atoms with Crippen molar-refractivity contribution in [3.05, 3.63) is 106 Å². The van der Waals surface area contributed by atoms with Gasteiger partial charge in [0.1, 0.15) is 5.82 Å². The second-order valence-electron chi connectivity index (χ2n) is 9.50. The Bertz CT molecular complexity index is 1570. The number of nitrogens with zero attached hydrogens (tertiary/aromatic N) is 2. The monoisotopic (exact) mass is 536 g/mol. The molecule has 0 atom stereocenters. The van der Waals surface area contributed by atoms with E-state index in [2.05, 4.69) is 17.6 Å². The maximum atomic E-state index is 14.6. The van der Waals surface area contributed by atoms with E-state index in [9.17, 15) is 12.8 Å². The predicted octanol–water partition coefficient (Wildman–Crippen LogP) is 7.22. The lowest BCUT2D eigenvalue weighted by Crippen LogP contribution is -2.34. The van der Waals surface area contributed by atoms with Gasteiger partial charge in [0, 0.05) is 45.8 Å². The molecule has 7 heteroatoms. The van der Waals surface area contributed by atoms with Gasteiger partial charge in [0.15, 0.2) is 0 Å². The van der Waals surface area contributed by atoms with Crippen molar-refractivity contribution < 1.29 is 12.8 Å². The standard InChI is InChI=1S/C30H30ClFN2O2S/c1-3-7-22-12-14-24(15-13-22)37(35,36)33-18-16-23(17-19-33)30-21(2)34(29-11-5-4-8-25(29)30)20-26-27(31)9-6-10-28(26)32/h4-6,8-16H,3,7,17-20H2,1-2H3. The normalized spacial score (nSPS) is 14.8. The van der Waals surface area contributed by atoms with Crippen molar-refractivity contribution in [3.8, 4) is 0 Å². The molecule has 0 radical (unpaired) electrons. The largest absolute Gasteiger partial charge is 0.340 e. The van der Waals surface area contributed by atoms with Crippen LogP contribution in [0.3, 0.4) is 0 Å². The van der Waals surface area contributed by atoms with Crippen molar-refractivity contribution in [2.45, 2.75) is 44.6 Å². The number of halogens is 2. The van der Waals surface area contributed by atoms with Gasteiger partial charge in [-0.15, -0.1) is 0 Å². The molecule has 0 amide bonds. The summed E-state index contributed by atoms with van der Waals surface area (Å²) in [5, 5.41) is 1.47. The van der Waals surface area contributed by atoms with Crippen LogP contribution in [-0.4, -0.2) is 30.4 Å². The molecule has 5 rings (SSSR count). The van der Waals surface area contributed by atoms with Crippen LogP contribution in [0, 0.1) is 12.7 Å². The number of aryl methyl sites for hydroxylation is 1. The second kappa shape index (κ2) is 10.4. The third-order valence-electron chi connectivity index (χ3n) is 7.20. The first kappa shape index (κ1) is 25.7. The molecule has 0 saturated heterocycles. The summed E-state index contributed by atoms with van der Waals surface area (Å²) >= 11 is 6.34. The first-order chi connectivity index (χ1) is 17.8. The summed E-state index contributed by atoms with van der Waals surface area (Å²) in [6, 6.07) is 20.0. The number of rotatable bonds is 7. The molecule has 0 saturated carbocycles. The van der Waals surface area contributed by atoms with Crippen molar-refractivity contribution >= 4 is 38.1 Å². The van der Waals surface area contributed by atoms with Crippen molar-refractivity contribution in [2.75, 3.05) is 13.1 Å². The van der Waals surface area contributed by atoms with E-state index >= 15 is 0 Å². The maximum Gasteiger partial charge on any atom is 0.243 e. The molecule has 1 aliphatic heterocycles. The molecule has 192 valence electrons. The molecule has 4 nitrogen and oxygen atoms in total. The Balaban J connectivity index is 1.46. The lowest BCUT2D eigenvalue weighted by Gasteiger charge is -2.26. The van der Waals surface area contributed by atoms with Crippen molar-refractivity contribution in [2.24, 2.45) is 0 Å². The lowest BCUT2D eigenvalue weighted by atomic mass is 9.97. The Morgan fingerprint density at radius 1 is 1.00 bits per heavy atom. The molecule has 3 aromatic carbocycles. The Hall–Kier alpha value is -2.93. The van der Waals surface area contributed by atoms with E-state index in [1.807, 2.05) is 43.3 Å². The van der Waals surface area contributed by atoms with E-state index in [0.29, 0.717) is 41.5 Å². The smallest absolute Gasteiger partial charge is 0.243 e. The van der Waals surface area contributed by atoms with E-state index < -0.39 is 10.0 Å². The Morgan fingerprint density at radius 2 is 1.76 bits per heavy atom. The number of para-hydroxylation sites is 1. The first-order valence-electron chi connectivity index (χ1n) is 12.6. The SMILES string of the molecule is CCCc1ccc(S(=O)(=O)N2CC=C(c3c(C)n(Cc4c(F)cccc4Cl)c4ccccc34)CC2)cc1. The summed E-state index contributed by atoms with van der Waals surface area (Å²) < 4.78 is 44.8. The highest BCUT2D eigenvalue weighted by atomic mass is 35.5. The van der Waals surface area contributed by atoms with Gasteiger partial charge in [-0.1, -0.05) is 67.4 Å². The van der Waals surface area contributed by atoms with Gasteiger partial charge in [-0.25, -0.2) is 12.8 Å². The van der Waals surface area contributed by atoms with Crippen molar-refractivity contribution in [3.63, 3.8) is 0 Å². The van der Waals surface area contributed by atoms with Gasteiger partial charge >= 0.3 is 0 Å². The fourth-order valence-electron chi connectivity index (χ4n) is 5.24. The van der Waals surface area contributed by atoms with Gasteiger partial charge in [0.2, 0.25) is 10.0 Å². The van der Waals surface area contributed by atoms with Crippen LogP contribution in [0.2, 0.25) is 5.02 Å². The molecular weight excluding hydrogens is 507 g/mol. The molecule has 0 aliphatic carbocycles. The molecule has 4 aromatic rings. The quantitative estimate of drug-likeness (QED) is 0.250. The minimum Gasteiger partial charge on any atom is -0.340 e. The molecule has 1 aliphatic rings. The number of fused-ring (bicyclic) bond motifs is 1. The van der Waals surface area contributed by atoms with Gasteiger partial charge < -0.3 is 4.57 Å². The highest BCUT2D eigenvalue weighted by molar-refractivity contribution is 7.89. The molecule has 37 heavy (non-hydrogen) atoms. The van der Waals surface area contributed by atoms with Gasteiger partial charge in [0.05, 0.1) is 11.4 Å². The fraction of sp³-hybridized carbons (Fsp3) is 0.267. The van der Waals surface area contributed by atoms with Crippen LogP contribution in [0.15, 0.2) is 77.7 Å². The van der Waals surface area contributed by atoms with Crippen LogP contribution < -0.4 is 0 Å². The second-order valence-corrected chi connectivity index (χ2v) is 11.8. The summed E-state index contributed by atoms with van der Waals surface area (Å²) in [6.07, 6.45) is 4.57. The van der Waals surface area contributed by atoms with E-state index in [-0.39, 0.29) is 5.82 Å². The molecular formula is C30H30ClFN2O2S. The van der Waals surface area contributed by atoms with Crippen LogP contribution >= 0.6 is 11.6 Å². The van der Waals surface area contributed by atoms with Crippen LogP contribution in [-0.2, 0) is 23.0 Å². The number of sulfonamides is 1. The third kappa shape index (κ3) is 4.86. The molecule has 0 N–H and O–H groups in total. The van der Waals surface area contributed by atoms with Crippen LogP contribution in [0.25, 0.3) is 16.5 Å².